The summed E-state index contributed by atoms with van der Waals surface area (Å²) in [5.74, 6) is -3.64. The van der Waals surface area contributed by atoms with Crippen LogP contribution < -0.4 is 14.2 Å². The summed E-state index contributed by atoms with van der Waals surface area (Å²) in [6.07, 6.45) is 4.59. The molecular weight excluding hydrogens is 543 g/mol. The largest absolute Gasteiger partial charge is 0.462 e. The fraction of sp³-hybridized carbons (Fsp3) is 0.212. The van der Waals surface area contributed by atoms with Crippen molar-refractivity contribution in [3.8, 4) is 28.4 Å². The lowest BCUT2D eigenvalue weighted by molar-refractivity contribution is -0.150. The van der Waals surface area contributed by atoms with E-state index in [4.69, 9.17) is 18.9 Å². The summed E-state index contributed by atoms with van der Waals surface area (Å²) in [6.45, 7) is 6.54. The summed E-state index contributed by atoms with van der Waals surface area (Å²) < 4.78 is 33.6. The molecule has 9 heteroatoms. The normalized spacial score (nSPS) is 13.0. The van der Waals surface area contributed by atoms with Gasteiger partial charge in [-0.2, -0.15) is 4.39 Å². The first kappa shape index (κ1) is 29.9. The second kappa shape index (κ2) is 14.0. The molecule has 0 amide bonds. The zero-order valence-electron chi connectivity index (χ0n) is 22.8. The lowest BCUT2D eigenvalue weighted by Crippen LogP contribution is -2.22. The Hall–Kier alpha value is -5.05. The maximum Gasteiger partial charge on any atom is 0.371 e. The number of hydrogen-bond acceptors (Lipinski definition) is 8. The first-order valence-corrected chi connectivity index (χ1v) is 13.4. The van der Waals surface area contributed by atoms with Crippen LogP contribution in [0.1, 0.15) is 48.9 Å². The van der Waals surface area contributed by atoms with E-state index in [1.807, 2.05) is 0 Å². The van der Waals surface area contributed by atoms with Gasteiger partial charge in [-0.1, -0.05) is 43.8 Å². The van der Waals surface area contributed by atoms with E-state index in [1.54, 1.807) is 48.5 Å². The standard InChI is InChI=1S/C33H29FO8/c1-21(20-30(35)39-26-6-4-3-5-7-26)31(36)40-27-14-12-24(13-15-27)23-8-10-25(11-9-23)33(38)42-29-18-16-28(17-19-29)41-32(37)22(2)34/h8-19,26H,1-7,20H2. The Bertz CT molecular complexity index is 1470. The highest BCUT2D eigenvalue weighted by molar-refractivity contribution is 5.94. The van der Waals surface area contributed by atoms with Crippen LogP contribution in [0.4, 0.5) is 4.39 Å². The third-order valence-corrected chi connectivity index (χ3v) is 6.48. The van der Waals surface area contributed by atoms with Gasteiger partial charge in [-0.25, -0.2) is 14.4 Å². The summed E-state index contributed by atoms with van der Waals surface area (Å²) >= 11 is 0. The lowest BCUT2D eigenvalue weighted by atomic mass is 9.98. The van der Waals surface area contributed by atoms with E-state index >= 15 is 0 Å². The topological polar surface area (TPSA) is 105 Å². The molecule has 0 N–H and O–H groups in total. The highest BCUT2D eigenvalue weighted by atomic mass is 19.1. The van der Waals surface area contributed by atoms with Crippen LogP contribution in [0, 0.1) is 0 Å². The maximum atomic E-state index is 12.8. The summed E-state index contributed by atoms with van der Waals surface area (Å²) in [5.41, 5.74) is 1.93. The third kappa shape index (κ3) is 8.47. The Morgan fingerprint density at radius 2 is 1.14 bits per heavy atom. The molecule has 1 aliphatic rings. The molecule has 3 aromatic rings. The Labute approximate surface area is 242 Å². The van der Waals surface area contributed by atoms with Gasteiger partial charge in [-0.05, 0) is 85.3 Å². The average Bonchev–Trinajstić information content (AvgIpc) is 2.99. The van der Waals surface area contributed by atoms with Gasteiger partial charge in [-0.3, -0.25) is 4.79 Å². The summed E-state index contributed by atoms with van der Waals surface area (Å²) in [4.78, 5) is 48.3. The highest BCUT2D eigenvalue weighted by Gasteiger charge is 2.21. The third-order valence-electron chi connectivity index (χ3n) is 6.48. The zero-order valence-corrected chi connectivity index (χ0v) is 22.8. The van der Waals surface area contributed by atoms with Crippen LogP contribution in [0.3, 0.4) is 0 Å². The first-order chi connectivity index (χ1) is 20.2. The van der Waals surface area contributed by atoms with Gasteiger partial charge in [0.25, 0.3) is 0 Å². The predicted octanol–water partition coefficient (Wildman–Crippen LogP) is 6.69. The van der Waals surface area contributed by atoms with E-state index in [1.165, 1.54) is 24.3 Å². The number of rotatable bonds is 10. The molecule has 42 heavy (non-hydrogen) atoms. The zero-order chi connectivity index (χ0) is 30.1. The second-order valence-corrected chi connectivity index (χ2v) is 9.68. The minimum atomic E-state index is -1.22. The molecule has 0 atom stereocenters. The first-order valence-electron chi connectivity index (χ1n) is 13.4. The minimum absolute atomic E-state index is 0.0184. The molecule has 0 heterocycles. The molecule has 3 aromatic carbocycles. The van der Waals surface area contributed by atoms with E-state index in [2.05, 4.69) is 13.2 Å². The summed E-state index contributed by atoms with van der Waals surface area (Å²) in [7, 11) is 0. The molecule has 1 saturated carbocycles. The number of ether oxygens (including phenoxy) is 4. The van der Waals surface area contributed by atoms with Crippen molar-refractivity contribution in [2.45, 2.75) is 44.6 Å². The minimum Gasteiger partial charge on any atom is -0.462 e. The maximum absolute atomic E-state index is 12.8. The van der Waals surface area contributed by atoms with Gasteiger partial charge in [0.05, 0.1) is 12.0 Å². The van der Waals surface area contributed by atoms with Crippen molar-refractivity contribution in [1.82, 2.24) is 0 Å². The number of carbonyl (C=O) groups excluding carboxylic acids is 4. The van der Waals surface area contributed by atoms with E-state index in [0.29, 0.717) is 11.3 Å². The molecule has 0 aromatic heterocycles. The molecule has 0 unspecified atom stereocenters. The van der Waals surface area contributed by atoms with Crippen molar-refractivity contribution < 1.29 is 42.5 Å². The van der Waals surface area contributed by atoms with E-state index in [9.17, 15) is 23.6 Å². The van der Waals surface area contributed by atoms with Crippen LogP contribution in [-0.4, -0.2) is 30.0 Å². The Morgan fingerprint density at radius 1 is 0.667 bits per heavy atom. The Balaban J connectivity index is 1.27. The molecule has 1 aliphatic carbocycles. The quantitative estimate of drug-likeness (QED) is 0.150. The van der Waals surface area contributed by atoms with Crippen LogP contribution in [-0.2, 0) is 19.1 Å². The van der Waals surface area contributed by atoms with Crippen molar-refractivity contribution in [3.05, 3.63) is 103 Å². The summed E-state index contributed by atoms with van der Waals surface area (Å²) in [5, 5.41) is 0. The van der Waals surface area contributed by atoms with Gasteiger partial charge in [0, 0.05) is 5.57 Å². The van der Waals surface area contributed by atoms with Gasteiger partial charge in [-0.15, -0.1) is 0 Å². The predicted molar refractivity (Wildman–Crippen MR) is 152 cm³/mol. The molecular formula is C33H29FO8. The monoisotopic (exact) mass is 572 g/mol. The van der Waals surface area contributed by atoms with Gasteiger partial charge in [0.15, 0.2) is 0 Å². The van der Waals surface area contributed by atoms with Crippen LogP contribution >= 0.6 is 0 Å². The number of benzene rings is 3. The van der Waals surface area contributed by atoms with Gasteiger partial charge < -0.3 is 18.9 Å². The fourth-order valence-corrected chi connectivity index (χ4v) is 4.25. The molecule has 0 radical (unpaired) electrons. The molecule has 1 fully saturated rings. The molecule has 216 valence electrons. The van der Waals surface area contributed by atoms with Gasteiger partial charge in [0.1, 0.15) is 23.4 Å². The van der Waals surface area contributed by atoms with Gasteiger partial charge in [0.2, 0.25) is 5.83 Å². The van der Waals surface area contributed by atoms with Crippen molar-refractivity contribution in [3.63, 3.8) is 0 Å². The lowest BCUT2D eigenvalue weighted by Gasteiger charge is -2.21. The van der Waals surface area contributed by atoms with Crippen molar-refractivity contribution in [2.24, 2.45) is 0 Å². The average molecular weight is 573 g/mol. The molecule has 0 saturated heterocycles. The van der Waals surface area contributed by atoms with Crippen LogP contribution in [0.25, 0.3) is 11.1 Å². The fourth-order valence-electron chi connectivity index (χ4n) is 4.25. The van der Waals surface area contributed by atoms with E-state index < -0.39 is 29.7 Å². The van der Waals surface area contributed by atoms with E-state index in [-0.39, 0.29) is 29.6 Å². The molecule has 0 aliphatic heterocycles. The Morgan fingerprint density at radius 3 is 1.69 bits per heavy atom. The smallest absolute Gasteiger partial charge is 0.371 e. The van der Waals surface area contributed by atoms with Gasteiger partial charge >= 0.3 is 23.9 Å². The Kier molecular flexibility index (Phi) is 9.99. The molecule has 4 rings (SSSR count). The molecule has 8 nitrogen and oxygen atoms in total. The number of esters is 4. The number of hydrogen-bond donors (Lipinski definition) is 0. The summed E-state index contributed by atoms with van der Waals surface area (Å²) in [6, 6.07) is 19.0. The van der Waals surface area contributed by atoms with E-state index in [0.717, 1.165) is 43.2 Å². The van der Waals surface area contributed by atoms with Crippen molar-refractivity contribution in [1.29, 1.82) is 0 Å². The van der Waals surface area contributed by atoms with Crippen LogP contribution in [0.2, 0.25) is 0 Å². The SMILES string of the molecule is C=C(F)C(=O)Oc1ccc(OC(=O)c2ccc(-c3ccc(OC(=O)C(=C)CC(=O)OC4CCCCC4)cc3)cc2)cc1. The molecule has 0 spiro atoms. The highest BCUT2D eigenvalue weighted by Crippen LogP contribution is 2.25. The number of carbonyl (C=O) groups is 4. The van der Waals surface area contributed by atoms with Crippen LogP contribution in [0.5, 0.6) is 17.2 Å². The van der Waals surface area contributed by atoms with Crippen molar-refractivity contribution >= 4 is 23.9 Å². The molecule has 0 bridgehead atoms. The second-order valence-electron chi connectivity index (χ2n) is 9.68. The number of halogens is 1. The van der Waals surface area contributed by atoms with Crippen molar-refractivity contribution in [2.75, 3.05) is 0 Å². The van der Waals surface area contributed by atoms with Crippen LogP contribution in [0.15, 0.2) is 97.4 Å².